The van der Waals surface area contributed by atoms with Crippen molar-refractivity contribution in [1.82, 2.24) is 0 Å². The standard InChI is InChI=1S/C16H22Si.2ClH.Zr/c1-11-7-13(3)15(9-11)17(5,6)16-10-12(2)8-14(16)4;;;/h7-8,11-12H,1-6H3;2*1H;/q-2;;;+4/p-2. The summed E-state index contributed by atoms with van der Waals surface area (Å²) >= 11 is 0. The van der Waals surface area contributed by atoms with Crippen molar-refractivity contribution in [3.05, 3.63) is 45.8 Å². The van der Waals surface area contributed by atoms with Crippen LogP contribution < -0.4 is 24.8 Å². The average molecular weight is 405 g/mol. The van der Waals surface area contributed by atoms with E-state index in [-0.39, 0.29) is 51.0 Å². The normalized spacial score (nSPS) is 24.5. The molecule has 108 valence electrons. The monoisotopic (exact) mass is 402 g/mol. The van der Waals surface area contributed by atoms with Gasteiger partial charge < -0.3 is 24.8 Å². The molecule has 2 aliphatic rings. The van der Waals surface area contributed by atoms with Gasteiger partial charge >= 0.3 is 26.2 Å². The first-order valence-corrected chi connectivity index (χ1v) is 9.48. The maximum absolute atomic E-state index is 3.65. The van der Waals surface area contributed by atoms with E-state index in [1.807, 2.05) is 0 Å². The Bertz CT molecular complexity index is 431. The van der Waals surface area contributed by atoms with Gasteiger partial charge in [-0.1, -0.05) is 38.8 Å². The third-order valence-electron chi connectivity index (χ3n) is 3.78. The summed E-state index contributed by atoms with van der Waals surface area (Å²) in [5.74, 6) is 0.973. The van der Waals surface area contributed by atoms with Crippen LogP contribution in [0.25, 0.3) is 0 Å². The fourth-order valence-corrected chi connectivity index (χ4v) is 6.72. The van der Waals surface area contributed by atoms with Gasteiger partial charge in [-0.05, 0) is 0 Å². The molecule has 0 aromatic rings. The predicted molar refractivity (Wildman–Crippen MR) is 76.8 cm³/mol. The zero-order valence-corrected chi connectivity index (χ0v) is 18.0. The fourth-order valence-electron chi connectivity index (χ4n) is 3.15. The van der Waals surface area contributed by atoms with Gasteiger partial charge in [-0.3, -0.25) is 12.2 Å². The smallest absolute Gasteiger partial charge is 1.00 e. The molecule has 2 unspecified atom stereocenters. The van der Waals surface area contributed by atoms with Crippen LogP contribution in [0.5, 0.6) is 0 Å². The van der Waals surface area contributed by atoms with Gasteiger partial charge in [-0.15, -0.1) is 13.8 Å². The molecule has 0 heterocycles. The van der Waals surface area contributed by atoms with Crippen molar-refractivity contribution in [2.24, 2.45) is 11.8 Å². The second kappa shape index (κ2) is 8.32. The molecule has 0 radical (unpaired) electrons. The Morgan fingerprint density at radius 2 is 1.15 bits per heavy atom. The molecule has 0 saturated heterocycles. The molecule has 4 heteroatoms. The van der Waals surface area contributed by atoms with E-state index in [0.717, 1.165) is 0 Å². The van der Waals surface area contributed by atoms with Crippen molar-refractivity contribution in [2.45, 2.75) is 40.8 Å². The zero-order valence-electron chi connectivity index (χ0n) is 13.1. The van der Waals surface area contributed by atoms with E-state index in [1.54, 1.807) is 0 Å². The van der Waals surface area contributed by atoms with Crippen molar-refractivity contribution < 1.29 is 51.0 Å². The van der Waals surface area contributed by atoms with Crippen molar-refractivity contribution in [2.75, 3.05) is 0 Å². The van der Waals surface area contributed by atoms with Crippen LogP contribution in [0.4, 0.5) is 0 Å². The molecular formula is C16H22Cl2SiZr. The summed E-state index contributed by atoms with van der Waals surface area (Å²) in [5.41, 5.74) is 2.88. The maximum Gasteiger partial charge on any atom is 4.00 e. The van der Waals surface area contributed by atoms with Gasteiger partial charge in [0.1, 0.15) is 0 Å². The molecule has 0 aliphatic heterocycles. The first-order chi connectivity index (χ1) is 7.82. The summed E-state index contributed by atoms with van der Waals surface area (Å²) in [5, 5.41) is 2.99. The summed E-state index contributed by atoms with van der Waals surface area (Å²) in [4.78, 5) is 0. The fraction of sp³-hybridized carbons (Fsp3) is 0.500. The molecule has 0 amide bonds. The minimum Gasteiger partial charge on any atom is -1.00 e. The SMILES string of the molecule is CC1=CC(C)[C-]=C1[Si](C)(C)C1=[C-]C(C)C=C1C.[Cl-].[Cl-].[Zr+4]. The molecule has 0 bridgehead atoms. The second-order valence-electron chi connectivity index (χ2n) is 5.94. The van der Waals surface area contributed by atoms with Gasteiger partial charge in [0.15, 0.2) is 0 Å². The van der Waals surface area contributed by atoms with E-state index in [4.69, 9.17) is 0 Å². The molecule has 2 atom stereocenters. The van der Waals surface area contributed by atoms with Crippen molar-refractivity contribution in [3.8, 4) is 0 Å². The van der Waals surface area contributed by atoms with Crippen LogP contribution in [0.15, 0.2) is 33.7 Å². The van der Waals surface area contributed by atoms with Crippen LogP contribution in [0.3, 0.4) is 0 Å². The van der Waals surface area contributed by atoms with Crippen LogP contribution in [-0.2, 0) is 26.2 Å². The Labute approximate surface area is 156 Å². The third-order valence-corrected chi connectivity index (χ3v) is 7.36. The van der Waals surface area contributed by atoms with Crippen molar-refractivity contribution in [1.29, 1.82) is 0 Å². The van der Waals surface area contributed by atoms with Crippen LogP contribution in [0.2, 0.25) is 13.1 Å². The number of rotatable bonds is 2. The molecule has 0 spiro atoms. The van der Waals surface area contributed by atoms with E-state index in [2.05, 4.69) is 65.1 Å². The van der Waals surface area contributed by atoms with Gasteiger partial charge in [0.05, 0.1) is 0 Å². The largest absolute Gasteiger partial charge is 4.00 e. The zero-order chi connectivity index (χ0) is 12.8. The molecule has 0 saturated carbocycles. The van der Waals surface area contributed by atoms with E-state index in [9.17, 15) is 0 Å². The quantitative estimate of drug-likeness (QED) is 0.386. The van der Waals surface area contributed by atoms with Crippen molar-refractivity contribution in [3.63, 3.8) is 0 Å². The summed E-state index contributed by atoms with van der Waals surface area (Å²) in [6, 6.07) is 0. The Hall–Kier alpha value is 0.640. The van der Waals surface area contributed by atoms with Crippen molar-refractivity contribution >= 4 is 8.07 Å². The minimum atomic E-state index is -1.57. The second-order valence-corrected chi connectivity index (χ2v) is 10.2. The number of hydrogen-bond donors (Lipinski definition) is 0. The van der Waals surface area contributed by atoms with Gasteiger partial charge in [-0.2, -0.15) is 12.2 Å². The average Bonchev–Trinajstić information content (AvgIpc) is 2.70. The Kier molecular flexibility index (Phi) is 9.53. The Morgan fingerprint density at radius 3 is 1.35 bits per heavy atom. The van der Waals surface area contributed by atoms with Crippen LogP contribution in [0.1, 0.15) is 27.7 Å². The minimum absolute atomic E-state index is 0. The number of halogens is 2. The van der Waals surface area contributed by atoms with Gasteiger partial charge in [0.25, 0.3) is 0 Å². The van der Waals surface area contributed by atoms with E-state index < -0.39 is 8.07 Å². The Morgan fingerprint density at radius 1 is 0.850 bits per heavy atom. The molecular weight excluding hydrogens is 382 g/mol. The molecule has 20 heavy (non-hydrogen) atoms. The first-order valence-electron chi connectivity index (χ1n) is 6.48. The van der Waals surface area contributed by atoms with Crippen LogP contribution in [0, 0.1) is 24.0 Å². The van der Waals surface area contributed by atoms with E-state index >= 15 is 0 Å². The summed E-state index contributed by atoms with van der Waals surface area (Å²) < 4.78 is 0. The molecule has 0 nitrogen and oxygen atoms in total. The summed E-state index contributed by atoms with van der Waals surface area (Å²) in [7, 11) is -1.57. The van der Waals surface area contributed by atoms with Gasteiger partial charge in [0, 0.05) is 8.07 Å². The molecule has 0 N–H and O–H groups in total. The van der Waals surface area contributed by atoms with Gasteiger partial charge in [-0.25, -0.2) is 21.5 Å². The molecule has 2 aliphatic carbocycles. The topological polar surface area (TPSA) is 0 Å². The van der Waals surface area contributed by atoms with Crippen LogP contribution >= 0.6 is 0 Å². The Balaban J connectivity index is 0. The molecule has 0 fully saturated rings. The van der Waals surface area contributed by atoms with Crippen LogP contribution in [-0.4, -0.2) is 8.07 Å². The van der Waals surface area contributed by atoms with Gasteiger partial charge in [0.2, 0.25) is 0 Å². The predicted octanol–water partition coefficient (Wildman–Crippen LogP) is -1.57. The van der Waals surface area contributed by atoms with E-state index in [0.29, 0.717) is 11.8 Å². The number of allylic oxidation sites excluding steroid dienone is 8. The van der Waals surface area contributed by atoms with E-state index in [1.165, 1.54) is 21.5 Å². The maximum atomic E-state index is 3.65. The summed E-state index contributed by atoms with van der Waals surface area (Å²) in [6.45, 7) is 13.8. The molecule has 2 rings (SSSR count). The number of hydrogen-bond acceptors (Lipinski definition) is 0. The summed E-state index contributed by atoms with van der Waals surface area (Å²) in [6.07, 6.45) is 12.0. The molecule has 0 aromatic heterocycles. The molecule has 0 aromatic carbocycles. The third kappa shape index (κ3) is 4.32. The first kappa shape index (κ1) is 22.9.